The Morgan fingerprint density at radius 1 is 1.48 bits per heavy atom. The second-order valence-corrected chi connectivity index (χ2v) is 6.89. The van der Waals surface area contributed by atoms with Crippen molar-refractivity contribution in [1.82, 2.24) is 9.88 Å². The van der Waals surface area contributed by atoms with Gasteiger partial charge in [0.1, 0.15) is 5.75 Å². The molecule has 1 N–H and O–H groups in total. The summed E-state index contributed by atoms with van der Waals surface area (Å²) < 4.78 is 6.74. The molecule has 3 rings (SSSR count). The van der Waals surface area contributed by atoms with Gasteiger partial charge in [0.05, 0.1) is 16.8 Å². The number of rotatable bonds is 4. The highest BCUT2D eigenvalue weighted by atomic mass is 32.1. The number of ether oxygens (including phenoxy) is 1. The standard InChI is InChI=1S/C16H23N3OS/c1-4-20-12-5-6-14-15(9-12)21-16(18-14)17-13-7-8-19(3)10-11(13)2/h5-6,9,11,13H,4,7-8,10H2,1-3H3,(H,17,18). The number of fused-ring (bicyclic) bond motifs is 1. The highest BCUT2D eigenvalue weighted by Gasteiger charge is 2.24. The van der Waals surface area contributed by atoms with Crippen molar-refractivity contribution in [2.45, 2.75) is 26.3 Å². The summed E-state index contributed by atoms with van der Waals surface area (Å²) in [6.07, 6.45) is 1.18. The normalized spacial score (nSPS) is 23.4. The van der Waals surface area contributed by atoms with Gasteiger partial charge in [-0.15, -0.1) is 0 Å². The van der Waals surface area contributed by atoms with Crippen molar-refractivity contribution in [3.05, 3.63) is 18.2 Å². The SMILES string of the molecule is CCOc1ccc2nc(NC3CCN(C)CC3C)sc2c1. The van der Waals surface area contributed by atoms with Crippen molar-refractivity contribution < 1.29 is 4.74 Å². The van der Waals surface area contributed by atoms with Gasteiger partial charge < -0.3 is 15.0 Å². The highest BCUT2D eigenvalue weighted by Crippen LogP contribution is 2.31. The quantitative estimate of drug-likeness (QED) is 0.939. The number of likely N-dealkylation sites (tertiary alicyclic amines) is 1. The molecular formula is C16H23N3OS. The number of anilines is 1. The Hall–Kier alpha value is -1.33. The minimum absolute atomic E-state index is 0.521. The summed E-state index contributed by atoms with van der Waals surface area (Å²) >= 11 is 1.72. The van der Waals surface area contributed by atoms with Crippen LogP contribution in [0.15, 0.2) is 18.2 Å². The van der Waals surface area contributed by atoms with Crippen LogP contribution in [0, 0.1) is 5.92 Å². The smallest absolute Gasteiger partial charge is 0.184 e. The predicted octanol–water partition coefficient (Wildman–Crippen LogP) is 3.45. The molecule has 2 heterocycles. The summed E-state index contributed by atoms with van der Waals surface area (Å²) in [6, 6.07) is 6.64. The minimum atomic E-state index is 0.521. The number of piperidine rings is 1. The summed E-state index contributed by atoms with van der Waals surface area (Å²) in [4.78, 5) is 7.10. The van der Waals surface area contributed by atoms with Crippen LogP contribution in [0.3, 0.4) is 0 Å². The van der Waals surface area contributed by atoms with Gasteiger partial charge in [0.15, 0.2) is 5.13 Å². The summed E-state index contributed by atoms with van der Waals surface area (Å²) in [6.45, 7) is 7.32. The second kappa shape index (κ2) is 6.20. The van der Waals surface area contributed by atoms with Crippen LogP contribution in [0.2, 0.25) is 0 Å². The molecule has 0 amide bonds. The summed E-state index contributed by atoms with van der Waals surface area (Å²) in [5.74, 6) is 1.57. The fraction of sp³-hybridized carbons (Fsp3) is 0.562. The van der Waals surface area contributed by atoms with Crippen LogP contribution >= 0.6 is 11.3 Å². The molecule has 1 fully saturated rings. The number of nitrogens with zero attached hydrogens (tertiary/aromatic N) is 2. The van der Waals surface area contributed by atoms with E-state index in [-0.39, 0.29) is 0 Å². The lowest BCUT2D eigenvalue weighted by Gasteiger charge is -2.35. The van der Waals surface area contributed by atoms with Gasteiger partial charge in [0.25, 0.3) is 0 Å². The molecule has 1 aliphatic rings. The average molecular weight is 305 g/mol. The average Bonchev–Trinajstić information content (AvgIpc) is 2.84. The van der Waals surface area contributed by atoms with Crippen LogP contribution in [-0.4, -0.2) is 42.7 Å². The van der Waals surface area contributed by atoms with Crippen molar-refractivity contribution in [2.24, 2.45) is 5.92 Å². The van der Waals surface area contributed by atoms with Gasteiger partial charge in [-0.1, -0.05) is 18.3 Å². The number of hydrogen-bond acceptors (Lipinski definition) is 5. The molecule has 0 aliphatic carbocycles. The number of hydrogen-bond donors (Lipinski definition) is 1. The first-order valence-electron chi connectivity index (χ1n) is 7.64. The Bertz CT molecular complexity index is 613. The lowest BCUT2D eigenvalue weighted by molar-refractivity contribution is 0.206. The minimum Gasteiger partial charge on any atom is -0.494 e. The molecule has 114 valence electrons. The van der Waals surface area contributed by atoms with Crippen molar-refractivity contribution in [3.63, 3.8) is 0 Å². The van der Waals surface area contributed by atoms with E-state index in [1.807, 2.05) is 19.1 Å². The Labute approximate surface area is 130 Å². The number of aromatic nitrogens is 1. The maximum absolute atomic E-state index is 5.55. The van der Waals surface area contributed by atoms with Gasteiger partial charge in [0, 0.05) is 12.6 Å². The zero-order valence-electron chi connectivity index (χ0n) is 12.9. The maximum Gasteiger partial charge on any atom is 0.184 e. The first-order valence-corrected chi connectivity index (χ1v) is 8.46. The number of thiazole rings is 1. The molecule has 1 saturated heterocycles. The van der Waals surface area contributed by atoms with Crippen LogP contribution in [0.4, 0.5) is 5.13 Å². The Balaban J connectivity index is 1.75. The Morgan fingerprint density at radius 2 is 2.33 bits per heavy atom. The van der Waals surface area contributed by atoms with Crippen LogP contribution in [-0.2, 0) is 0 Å². The molecule has 4 nitrogen and oxygen atoms in total. The lowest BCUT2D eigenvalue weighted by Crippen LogP contribution is -2.43. The highest BCUT2D eigenvalue weighted by molar-refractivity contribution is 7.22. The van der Waals surface area contributed by atoms with E-state index in [1.54, 1.807) is 11.3 Å². The molecule has 2 atom stereocenters. The van der Waals surface area contributed by atoms with Crippen LogP contribution in [0.5, 0.6) is 5.75 Å². The molecule has 1 aromatic carbocycles. The van der Waals surface area contributed by atoms with E-state index in [0.717, 1.165) is 29.5 Å². The molecule has 21 heavy (non-hydrogen) atoms. The first-order chi connectivity index (χ1) is 10.2. The van der Waals surface area contributed by atoms with Crippen molar-refractivity contribution in [1.29, 1.82) is 0 Å². The van der Waals surface area contributed by atoms with Crippen LogP contribution in [0.25, 0.3) is 10.2 Å². The molecule has 2 unspecified atom stereocenters. The third-order valence-electron chi connectivity index (χ3n) is 4.09. The molecule has 0 saturated carbocycles. The van der Waals surface area contributed by atoms with Gasteiger partial charge in [0.2, 0.25) is 0 Å². The van der Waals surface area contributed by atoms with E-state index in [9.17, 15) is 0 Å². The molecule has 0 bridgehead atoms. The van der Waals surface area contributed by atoms with Crippen LogP contribution < -0.4 is 10.1 Å². The molecule has 0 spiro atoms. The fourth-order valence-corrected chi connectivity index (χ4v) is 3.91. The zero-order chi connectivity index (χ0) is 14.8. The van der Waals surface area contributed by atoms with Gasteiger partial charge >= 0.3 is 0 Å². The van der Waals surface area contributed by atoms with Gasteiger partial charge in [-0.2, -0.15) is 0 Å². The van der Waals surface area contributed by atoms with Crippen molar-refractivity contribution >= 4 is 26.7 Å². The lowest BCUT2D eigenvalue weighted by atomic mass is 9.94. The summed E-state index contributed by atoms with van der Waals surface area (Å²) in [5, 5.41) is 4.66. The fourth-order valence-electron chi connectivity index (χ4n) is 2.95. The van der Waals surface area contributed by atoms with E-state index in [4.69, 9.17) is 9.72 Å². The number of nitrogens with one attached hydrogen (secondary N) is 1. The third-order valence-corrected chi connectivity index (χ3v) is 5.04. The second-order valence-electron chi connectivity index (χ2n) is 5.86. The van der Waals surface area contributed by atoms with E-state index in [0.29, 0.717) is 18.6 Å². The predicted molar refractivity (Wildman–Crippen MR) is 89.5 cm³/mol. The van der Waals surface area contributed by atoms with Gasteiger partial charge in [-0.05, 0) is 51.1 Å². The molecular weight excluding hydrogens is 282 g/mol. The van der Waals surface area contributed by atoms with Crippen molar-refractivity contribution in [3.8, 4) is 5.75 Å². The molecule has 1 aromatic heterocycles. The largest absolute Gasteiger partial charge is 0.494 e. The van der Waals surface area contributed by atoms with Gasteiger partial charge in [-0.3, -0.25) is 0 Å². The van der Waals surface area contributed by atoms with E-state index >= 15 is 0 Å². The zero-order valence-corrected chi connectivity index (χ0v) is 13.7. The maximum atomic E-state index is 5.55. The number of benzene rings is 1. The first kappa shape index (κ1) is 14.6. The molecule has 1 aliphatic heterocycles. The van der Waals surface area contributed by atoms with Crippen molar-refractivity contribution in [2.75, 3.05) is 32.1 Å². The molecule has 5 heteroatoms. The Morgan fingerprint density at radius 3 is 3.10 bits per heavy atom. The monoisotopic (exact) mass is 305 g/mol. The topological polar surface area (TPSA) is 37.4 Å². The van der Waals surface area contributed by atoms with E-state index in [2.05, 4.69) is 30.3 Å². The molecule has 2 aromatic rings. The summed E-state index contributed by atoms with van der Waals surface area (Å²) in [5.41, 5.74) is 1.05. The van der Waals surface area contributed by atoms with Crippen LogP contribution in [0.1, 0.15) is 20.3 Å². The summed E-state index contributed by atoms with van der Waals surface area (Å²) in [7, 11) is 2.19. The van der Waals surface area contributed by atoms with E-state index < -0.39 is 0 Å². The van der Waals surface area contributed by atoms with Gasteiger partial charge in [-0.25, -0.2) is 4.98 Å². The Kier molecular flexibility index (Phi) is 4.31. The third kappa shape index (κ3) is 3.30. The van der Waals surface area contributed by atoms with E-state index in [1.165, 1.54) is 11.1 Å². The molecule has 0 radical (unpaired) electrons.